The Bertz CT molecular complexity index is 1090. The second-order valence-corrected chi connectivity index (χ2v) is 8.17. The average molecular weight is 397 g/mol. The van der Waals surface area contributed by atoms with E-state index in [1.807, 2.05) is 0 Å². The highest BCUT2D eigenvalue weighted by molar-refractivity contribution is 5.81. The van der Waals surface area contributed by atoms with Crippen LogP contribution in [0.1, 0.15) is 37.1 Å². The van der Waals surface area contributed by atoms with Gasteiger partial charge < -0.3 is 4.57 Å². The van der Waals surface area contributed by atoms with Crippen molar-refractivity contribution in [2.24, 2.45) is 10.3 Å². The van der Waals surface area contributed by atoms with E-state index in [-0.39, 0.29) is 18.1 Å². The van der Waals surface area contributed by atoms with Crippen molar-refractivity contribution in [3.63, 3.8) is 0 Å². The maximum Gasteiger partial charge on any atom is 0.117 e. The Labute approximate surface area is 178 Å². The summed E-state index contributed by atoms with van der Waals surface area (Å²) in [6.07, 6.45) is 11.8. The van der Waals surface area contributed by atoms with Crippen LogP contribution in [0.2, 0.25) is 0 Å². The molecule has 0 spiro atoms. The Balaban J connectivity index is 1.61. The van der Waals surface area contributed by atoms with E-state index in [4.69, 9.17) is 0 Å². The summed E-state index contributed by atoms with van der Waals surface area (Å²) >= 11 is 0. The van der Waals surface area contributed by atoms with Gasteiger partial charge in [-0.3, -0.25) is 5.01 Å². The van der Waals surface area contributed by atoms with Crippen molar-refractivity contribution in [1.29, 1.82) is 0 Å². The van der Waals surface area contributed by atoms with Gasteiger partial charge in [0.1, 0.15) is 6.04 Å². The molecule has 2 heterocycles. The first-order chi connectivity index (χ1) is 14.8. The van der Waals surface area contributed by atoms with Gasteiger partial charge in [-0.1, -0.05) is 91.4 Å². The fourth-order valence-electron chi connectivity index (χ4n) is 4.63. The van der Waals surface area contributed by atoms with Gasteiger partial charge in [0.15, 0.2) is 0 Å². The second kappa shape index (κ2) is 8.31. The number of para-hydroxylation sites is 1. The Morgan fingerprint density at radius 3 is 2.63 bits per heavy atom. The number of benzene rings is 2. The average Bonchev–Trinajstić information content (AvgIpc) is 3.38. The van der Waals surface area contributed by atoms with Crippen molar-refractivity contribution in [2.45, 2.75) is 50.9 Å². The van der Waals surface area contributed by atoms with Crippen LogP contribution in [0.15, 0.2) is 95.3 Å². The van der Waals surface area contributed by atoms with Crippen molar-refractivity contribution in [3.05, 3.63) is 96.2 Å². The summed E-state index contributed by atoms with van der Waals surface area (Å²) in [7, 11) is 0. The lowest BCUT2D eigenvalue weighted by atomic mass is 9.97. The summed E-state index contributed by atoms with van der Waals surface area (Å²) in [5, 5.41) is 12.8. The third kappa shape index (κ3) is 3.47. The molecule has 0 amide bonds. The summed E-state index contributed by atoms with van der Waals surface area (Å²) in [4.78, 5) is 0. The highest BCUT2D eigenvalue weighted by atomic mass is 15.6. The van der Waals surface area contributed by atoms with Crippen LogP contribution in [0.4, 0.5) is 0 Å². The van der Waals surface area contributed by atoms with E-state index in [0.717, 1.165) is 13.0 Å². The van der Waals surface area contributed by atoms with E-state index in [2.05, 4.69) is 112 Å². The lowest BCUT2D eigenvalue weighted by molar-refractivity contribution is 0.175. The number of hydrogen-bond donors (Lipinski definition) is 0. The van der Waals surface area contributed by atoms with Crippen LogP contribution in [0.5, 0.6) is 0 Å². The number of unbranched alkanes of at least 4 members (excludes halogenated alkanes) is 1. The topological polar surface area (TPSA) is 32.9 Å². The third-order valence-electron chi connectivity index (χ3n) is 6.18. The zero-order chi connectivity index (χ0) is 20.3. The van der Waals surface area contributed by atoms with E-state index < -0.39 is 0 Å². The van der Waals surface area contributed by atoms with Crippen molar-refractivity contribution < 1.29 is 0 Å². The third-order valence-corrected chi connectivity index (χ3v) is 6.18. The molecule has 4 nitrogen and oxygen atoms in total. The number of aryl methyl sites for hydroxylation is 1. The van der Waals surface area contributed by atoms with Gasteiger partial charge >= 0.3 is 0 Å². The number of allylic oxidation sites excluding steroid dienone is 2. The normalized spacial score (nSPS) is 20.8. The standard InChI is InChI=1S/C26H28N4/c1-2-3-17-29-23-15-9-7-13-21(23)19-25(29)26(18-20-11-5-4-6-12-20)30-24-16-10-8-14-22(24)27-28-30/h4-16,19,22,24,26H,2-3,17-18H2,1H3. The minimum Gasteiger partial charge on any atom is -0.343 e. The van der Waals surface area contributed by atoms with Crippen LogP contribution in [0.25, 0.3) is 10.9 Å². The molecule has 0 fully saturated rings. The molecule has 5 rings (SSSR count). The Kier molecular flexibility index (Phi) is 5.22. The first-order valence-corrected chi connectivity index (χ1v) is 11.0. The monoisotopic (exact) mass is 396 g/mol. The largest absolute Gasteiger partial charge is 0.343 e. The lowest BCUT2D eigenvalue weighted by Crippen LogP contribution is -2.37. The molecule has 1 aromatic heterocycles. The Morgan fingerprint density at radius 2 is 1.77 bits per heavy atom. The summed E-state index contributed by atoms with van der Waals surface area (Å²) in [5.41, 5.74) is 3.96. The molecule has 3 atom stereocenters. The van der Waals surface area contributed by atoms with E-state index in [0.29, 0.717) is 0 Å². The fraction of sp³-hybridized carbons (Fsp3) is 0.308. The number of hydrogen-bond acceptors (Lipinski definition) is 3. The summed E-state index contributed by atoms with van der Waals surface area (Å²) < 4.78 is 2.51. The van der Waals surface area contributed by atoms with Crippen LogP contribution < -0.4 is 0 Å². The number of aromatic nitrogens is 1. The summed E-state index contributed by atoms with van der Waals surface area (Å²) in [6, 6.07) is 22.3. The smallest absolute Gasteiger partial charge is 0.117 e. The van der Waals surface area contributed by atoms with E-state index >= 15 is 0 Å². The van der Waals surface area contributed by atoms with Gasteiger partial charge in [-0.15, -0.1) is 0 Å². The maximum absolute atomic E-state index is 4.69. The van der Waals surface area contributed by atoms with E-state index in [1.54, 1.807) is 0 Å². The molecule has 0 radical (unpaired) electrons. The molecular weight excluding hydrogens is 368 g/mol. The van der Waals surface area contributed by atoms with Gasteiger partial charge in [-0.25, -0.2) is 0 Å². The van der Waals surface area contributed by atoms with Gasteiger partial charge in [0.2, 0.25) is 0 Å². The minimum absolute atomic E-state index is 0.113. The van der Waals surface area contributed by atoms with Gasteiger partial charge in [0, 0.05) is 24.2 Å². The minimum atomic E-state index is 0.113. The van der Waals surface area contributed by atoms with Gasteiger partial charge in [0.05, 0.1) is 12.1 Å². The predicted molar refractivity (Wildman–Crippen MR) is 122 cm³/mol. The summed E-state index contributed by atoms with van der Waals surface area (Å²) in [6.45, 7) is 3.28. The van der Waals surface area contributed by atoms with Gasteiger partial charge in [-0.05, 0) is 29.5 Å². The zero-order valence-electron chi connectivity index (χ0n) is 17.4. The van der Waals surface area contributed by atoms with Crippen LogP contribution in [-0.2, 0) is 13.0 Å². The highest BCUT2D eigenvalue weighted by Gasteiger charge is 2.37. The van der Waals surface area contributed by atoms with Gasteiger partial charge in [0.25, 0.3) is 0 Å². The van der Waals surface area contributed by atoms with Gasteiger partial charge in [-0.2, -0.15) is 5.11 Å². The number of rotatable bonds is 7. The van der Waals surface area contributed by atoms with Crippen LogP contribution in [0, 0.1) is 0 Å². The molecule has 2 aliphatic rings. The molecule has 1 aliphatic carbocycles. The zero-order valence-corrected chi connectivity index (χ0v) is 17.4. The molecule has 3 unspecified atom stereocenters. The highest BCUT2D eigenvalue weighted by Crippen LogP contribution is 2.37. The number of nitrogens with zero attached hydrogens (tertiary/aromatic N) is 4. The molecule has 3 aromatic rings. The Hall–Kier alpha value is -3.14. The number of fused-ring (bicyclic) bond motifs is 2. The van der Waals surface area contributed by atoms with E-state index in [9.17, 15) is 0 Å². The predicted octanol–water partition coefficient (Wildman–Crippen LogP) is 6.27. The van der Waals surface area contributed by atoms with Crippen LogP contribution in [0.3, 0.4) is 0 Å². The van der Waals surface area contributed by atoms with Crippen molar-refractivity contribution in [3.8, 4) is 0 Å². The molecular formula is C26H28N4. The Morgan fingerprint density at radius 1 is 0.967 bits per heavy atom. The first-order valence-electron chi connectivity index (χ1n) is 11.0. The fourth-order valence-corrected chi connectivity index (χ4v) is 4.63. The summed E-state index contributed by atoms with van der Waals surface area (Å²) in [5.74, 6) is 0. The molecule has 0 bridgehead atoms. The SMILES string of the molecule is CCCCn1c(C(Cc2ccccc2)N2N=NC3C=CC=CC32)cc2ccccc21. The van der Waals surface area contributed by atoms with Crippen molar-refractivity contribution in [1.82, 2.24) is 9.58 Å². The van der Waals surface area contributed by atoms with Crippen molar-refractivity contribution >= 4 is 10.9 Å². The molecule has 1 aliphatic heterocycles. The molecule has 4 heteroatoms. The molecule has 30 heavy (non-hydrogen) atoms. The first kappa shape index (κ1) is 18.9. The molecule has 0 saturated carbocycles. The van der Waals surface area contributed by atoms with Crippen molar-refractivity contribution in [2.75, 3.05) is 0 Å². The molecule has 152 valence electrons. The molecule has 0 saturated heterocycles. The molecule has 2 aromatic carbocycles. The second-order valence-electron chi connectivity index (χ2n) is 8.17. The quantitative estimate of drug-likeness (QED) is 0.463. The molecule has 0 N–H and O–H groups in total. The lowest BCUT2D eigenvalue weighted by Gasteiger charge is -2.32. The maximum atomic E-state index is 4.69. The van der Waals surface area contributed by atoms with Crippen LogP contribution in [-0.4, -0.2) is 21.7 Å². The van der Waals surface area contributed by atoms with Crippen LogP contribution >= 0.6 is 0 Å². The van der Waals surface area contributed by atoms with E-state index in [1.165, 1.54) is 35.0 Å².